The summed E-state index contributed by atoms with van der Waals surface area (Å²) in [6.45, 7) is 2.21. The second-order valence-corrected chi connectivity index (χ2v) is 4.84. The van der Waals surface area contributed by atoms with Crippen molar-refractivity contribution >= 4 is 0 Å². The topological polar surface area (TPSA) is 51.2 Å². The molecular formula is C13H16N2O2. The Hall–Kier alpha value is -1.55. The van der Waals surface area contributed by atoms with Gasteiger partial charge >= 0.3 is 0 Å². The van der Waals surface area contributed by atoms with Crippen LogP contribution >= 0.6 is 0 Å². The SMILES string of the molecule is CC1CC1c1ccc(C(O)c2ccnn2C)o1. The molecule has 2 aromatic rings. The van der Waals surface area contributed by atoms with Crippen molar-refractivity contribution in [3.05, 3.63) is 41.6 Å². The van der Waals surface area contributed by atoms with Gasteiger partial charge in [-0.05, 0) is 30.5 Å². The molecule has 90 valence electrons. The molecule has 3 unspecified atom stereocenters. The first-order valence-electron chi connectivity index (χ1n) is 5.92. The van der Waals surface area contributed by atoms with Crippen molar-refractivity contribution in [1.82, 2.24) is 9.78 Å². The average molecular weight is 232 g/mol. The molecule has 2 aromatic heterocycles. The number of nitrogens with zero attached hydrogens (tertiary/aromatic N) is 2. The zero-order chi connectivity index (χ0) is 12.0. The van der Waals surface area contributed by atoms with Crippen LogP contribution in [0.3, 0.4) is 0 Å². The molecule has 0 radical (unpaired) electrons. The first-order valence-corrected chi connectivity index (χ1v) is 5.92. The predicted molar refractivity (Wildman–Crippen MR) is 62.5 cm³/mol. The van der Waals surface area contributed by atoms with Gasteiger partial charge in [0.15, 0.2) is 6.10 Å². The summed E-state index contributed by atoms with van der Waals surface area (Å²) in [7, 11) is 1.81. The van der Waals surface area contributed by atoms with E-state index in [0.29, 0.717) is 17.6 Å². The summed E-state index contributed by atoms with van der Waals surface area (Å²) in [6, 6.07) is 5.63. The predicted octanol–water partition coefficient (Wildman–Crippen LogP) is 2.22. The number of aryl methyl sites for hydroxylation is 1. The van der Waals surface area contributed by atoms with Crippen LogP contribution in [0.25, 0.3) is 0 Å². The Bertz CT molecular complexity index is 529. The van der Waals surface area contributed by atoms with Gasteiger partial charge in [0, 0.05) is 19.2 Å². The number of hydrogen-bond acceptors (Lipinski definition) is 3. The van der Waals surface area contributed by atoms with Gasteiger partial charge in [-0.15, -0.1) is 0 Å². The van der Waals surface area contributed by atoms with Gasteiger partial charge in [0.1, 0.15) is 11.5 Å². The number of aromatic nitrogens is 2. The fourth-order valence-corrected chi connectivity index (χ4v) is 2.23. The maximum Gasteiger partial charge on any atom is 0.153 e. The molecule has 0 amide bonds. The Morgan fingerprint density at radius 2 is 2.24 bits per heavy atom. The Morgan fingerprint density at radius 1 is 1.47 bits per heavy atom. The number of rotatable bonds is 3. The number of aliphatic hydroxyl groups excluding tert-OH is 1. The first kappa shape index (κ1) is 10.6. The third-order valence-corrected chi connectivity index (χ3v) is 3.53. The lowest BCUT2D eigenvalue weighted by atomic mass is 10.2. The van der Waals surface area contributed by atoms with Crippen molar-refractivity contribution in [2.75, 3.05) is 0 Å². The minimum Gasteiger partial charge on any atom is -0.463 e. The highest BCUT2D eigenvalue weighted by Crippen LogP contribution is 2.47. The Morgan fingerprint density at radius 3 is 2.82 bits per heavy atom. The summed E-state index contributed by atoms with van der Waals surface area (Å²) in [6.07, 6.45) is 2.13. The van der Waals surface area contributed by atoms with E-state index < -0.39 is 6.10 Å². The highest BCUT2D eigenvalue weighted by Gasteiger charge is 2.37. The quantitative estimate of drug-likeness (QED) is 0.882. The smallest absolute Gasteiger partial charge is 0.153 e. The van der Waals surface area contributed by atoms with E-state index in [9.17, 15) is 5.11 Å². The van der Waals surface area contributed by atoms with Gasteiger partial charge in [0.25, 0.3) is 0 Å². The zero-order valence-electron chi connectivity index (χ0n) is 10.00. The van der Waals surface area contributed by atoms with Crippen LogP contribution in [0.15, 0.2) is 28.8 Å². The first-order chi connectivity index (χ1) is 8.16. The second kappa shape index (κ2) is 3.74. The zero-order valence-corrected chi connectivity index (χ0v) is 10.00. The summed E-state index contributed by atoms with van der Waals surface area (Å²) in [5.41, 5.74) is 0.745. The number of furan rings is 1. The van der Waals surface area contributed by atoms with E-state index in [-0.39, 0.29) is 0 Å². The molecular weight excluding hydrogens is 216 g/mol. The molecule has 1 saturated carbocycles. The lowest BCUT2D eigenvalue weighted by Crippen LogP contribution is -2.05. The largest absolute Gasteiger partial charge is 0.463 e. The Balaban J connectivity index is 1.84. The van der Waals surface area contributed by atoms with Crippen LogP contribution in [0.4, 0.5) is 0 Å². The summed E-state index contributed by atoms with van der Waals surface area (Å²) in [4.78, 5) is 0. The van der Waals surface area contributed by atoms with Gasteiger partial charge in [-0.3, -0.25) is 4.68 Å². The maximum absolute atomic E-state index is 10.2. The fourth-order valence-electron chi connectivity index (χ4n) is 2.23. The highest BCUT2D eigenvalue weighted by molar-refractivity contribution is 5.22. The molecule has 0 bridgehead atoms. The Labute approximate surface area is 99.9 Å². The van der Waals surface area contributed by atoms with Crippen molar-refractivity contribution in [1.29, 1.82) is 0 Å². The van der Waals surface area contributed by atoms with E-state index in [2.05, 4.69) is 12.0 Å². The normalized spacial score (nSPS) is 24.9. The third kappa shape index (κ3) is 1.78. The van der Waals surface area contributed by atoms with E-state index in [1.807, 2.05) is 19.2 Å². The average Bonchev–Trinajstić information content (AvgIpc) is 2.76. The van der Waals surface area contributed by atoms with Crippen LogP contribution in [0.2, 0.25) is 0 Å². The van der Waals surface area contributed by atoms with Gasteiger partial charge in [0.05, 0.1) is 5.69 Å². The molecule has 1 aliphatic rings. The van der Waals surface area contributed by atoms with Crippen molar-refractivity contribution in [3.63, 3.8) is 0 Å². The van der Waals surface area contributed by atoms with Gasteiger partial charge < -0.3 is 9.52 Å². The monoisotopic (exact) mass is 232 g/mol. The molecule has 2 heterocycles. The van der Waals surface area contributed by atoms with Crippen LogP contribution in [-0.4, -0.2) is 14.9 Å². The molecule has 3 atom stereocenters. The molecule has 1 fully saturated rings. The number of aliphatic hydroxyl groups is 1. The van der Waals surface area contributed by atoms with Crippen LogP contribution in [0.5, 0.6) is 0 Å². The van der Waals surface area contributed by atoms with Gasteiger partial charge in [-0.1, -0.05) is 6.92 Å². The van der Waals surface area contributed by atoms with Crippen LogP contribution < -0.4 is 0 Å². The van der Waals surface area contributed by atoms with Gasteiger partial charge in [-0.25, -0.2) is 0 Å². The van der Waals surface area contributed by atoms with E-state index in [4.69, 9.17) is 4.42 Å². The van der Waals surface area contributed by atoms with Gasteiger partial charge in [-0.2, -0.15) is 5.10 Å². The minimum absolute atomic E-state index is 0.544. The van der Waals surface area contributed by atoms with Crippen molar-refractivity contribution in [2.45, 2.75) is 25.4 Å². The summed E-state index contributed by atoms with van der Waals surface area (Å²) < 4.78 is 7.39. The van der Waals surface area contributed by atoms with Crippen LogP contribution in [-0.2, 0) is 7.05 Å². The second-order valence-electron chi connectivity index (χ2n) is 4.84. The molecule has 1 aliphatic carbocycles. The van der Waals surface area contributed by atoms with Crippen LogP contribution in [0.1, 0.15) is 42.6 Å². The van der Waals surface area contributed by atoms with Crippen molar-refractivity contribution in [2.24, 2.45) is 13.0 Å². The summed E-state index contributed by atoms with van der Waals surface area (Å²) in [5, 5.41) is 14.2. The van der Waals surface area contributed by atoms with Gasteiger partial charge in [0.2, 0.25) is 0 Å². The van der Waals surface area contributed by atoms with Crippen LogP contribution in [0, 0.1) is 5.92 Å². The third-order valence-electron chi connectivity index (χ3n) is 3.53. The van der Waals surface area contributed by atoms with E-state index in [0.717, 1.165) is 11.5 Å². The van der Waals surface area contributed by atoms with Crippen molar-refractivity contribution < 1.29 is 9.52 Å². The molecule has 3 rings (SSSR count). The lowest BCUT2D eigenvalue weighted by molar-refractivity contribution is 0.177. The molecule has 0 aliphatic heterocycles. The molecule has 4 nitrogen and oxygen atoms in total. The van der Waals surface area contributed by atoms with E-state index >= 15 is 0 Å². The highest BCUT2D eigenvalue weighted by atomic mass is 16.4. The molecule has 0 spiro atoms. The molecule has 1 N–H and O–H groups in total. The Kier molecular flexibility index (Phi) is 2.33. The molecule has 0 aromatic carbocycles. The number of hydrogen-bond donors (Lipinski definition) is 1. The van der Waals surface area contributed by atoms with Crippen molar-refractivity contribution in [3.8, 4) is 0 Å². The lowest BCUT2D eigenvalue weighted by Gasteiger charge is -2.07. The summed E-state index contributed by atoms with van der Waals surface area (Å²) in [5.74, 6) is 2.85. The summed E-state index contributed by atoms with van der Waals surface area (Å²) >= 11 is 0. The van der Waals surface area contributed by atoms with E-state index in [1.165, 1.54) is 6.42 Å². The molecule has 0 saturated heterocycles. The minimum atomic E-state index is -0.731. The fraction of sp³-hybridized carbons (Fsp3) is 0.462. The molecule has 17 heavy (non-hydrogen) atoms. The maximum atomic E-state index is 10.2. The molecule has 4 heteroatoms. The standard InChI is InChI=1S/C13H16N2O2/c1-8-7-9(8)11-3-4-12(17-11)13(16)10-5-6-14-15(10)2/h3-6,8-9,13,16H,7H2,1-2H3. The van der Waals surface area contributed by atoms with E-state index in [1.54, 1.807) is 16.9 Å².